The highest BCUT2D eigenvalue weighted by Crippen LogP contribution is 2.21. The molecule has 1 atom stereocenters. The number of hydrogen-bond donors (Lipinski definition) is 1. The Balaban J connectivity index is 2.47. The summed E-state index contributed by atoms with van der Waals surface area (Å²) < 4.78 is 0. The van der Waals surface area contributed by atoms with Crippen LogP contribution in [0.2, 0.25) is 0 Å². The van der Waals surface area contributed by atoms with Gasteiger partial charge in [-0.15, -0.1) is 0 Å². The molecule has 0 amide bonds. The van der Waals surface area contributed by atoms with Gasteiger partial charge in [0.1, 0.15) is 0 Å². The monoisotopic (exact) mass is 248 g/mol. The van der Waals surface area contributed by atoms with Crippen LogP contribution in [0.1, 0.15) is 33.3 Å². The van der Waals surface area contributed by atoms with Crippen LogP contribution >= 0.6 is 0 Å². The summed E-state index contributed by atoms with van der Waals surface area (Å²) in [5.74, 6) is 0. The van der Waals surface area contributed by atoms with Crippen LogP contribution in [0.5, 0.6) is 0 Å². The lowest BCUT2D eigenvalue weighted by atomic mass is 9.84. The lowest BCUT2D eigenvalue weighted by Crippen LogP contribution is -2.43. The van der Waals surface area contributed by atoms with Gasteiger partial charge in [-0.05, 0) is 26.1 Å². The van der Waals surface area contributed by atoms with Gasteiger partial charge < -0.3 is 10.2 Å². The van der Waals surface area contributed by atoms with Gasteiger partial charge >= 0.3 is 0 Å². The smallest absolute Gasteiger partial charge is 0.0166 e. The molecule has 2 heteroatoms. The Morgan fingerprint density at radius 2 is 1.83 bits per heavy atom. The molecule has 1 unspecified atom stereocenters. The molecule has 0 spiro atoms. The fraction of sp³-hybridized carbons (Fsp3) is 0.625. The van der Waals surface area contributed by atoms with Crippen molar-refractivity contribution in [3.8, 4) is 0 Å². The highest BCUT2D eigenvalue weighted by Gasteiger charge is 2.20. The number of nitrogens with zero attached hydrogens (tertiary/aromatic N) is 1. The zero-order valence-electron chi connectivity index (χ0n) is 12.5. The van der Waals surface area contributed by atoms with Crippen LogP contribution in [-0.4, -0.2) is 37.6 Å². The van der Waals surface area contributed by atoms with Gasteiger partial charge in [-0.1, -0.05) is 51.1 Å². The fourth-order valence-electron chi connectivity index (χ4n) is 2.08. The van der Waals surface area contributed by atoms with Crippen molar-refractivity contribution in [3.05, 3.63) is 35.9 Å². The minimum atomic E-state index is 0.181. The maximum atomic E-state index is 3.64. The Labute approximate surface area is 112 Å². The van der Waals surface area contributed by atoms with Crippen molar-refractivity contribution in [1.82, 2.24) is 10.2 Å². The standard InChI is InChI=1S/C16H28N2/c1-6-18(5)12-14(2)17-13-16(3,4)15-10-8-7-9-11-15/h7-11,14,17H,6,12-13H2,1-5H3. The second-order valence-electron chi connectivity index (χ2n) is 5.89. The van der Waals surface area contributed by atoms with E-state index in [0.29, 0.717) is 6.04 Å². The van der Waals surface area contributed by atoms with E-state index in [4.69, 9.17) is 0 Å². The van der Waals surface area contributed by atoms with Crippen LogP contribution in [0.25, 0.3) is 0 Å². The Hall–Kier alpha value is -0.860. The summed E-state index contributed by atoms with van der Waals surface area (Å²) in [6, 6.07) is 11.3. The zero-order chi connectivity index (χ0) is 13.6. The van der Waals surface area contributed by atoms with Gasteiger partial charge in [0.05, 0.1) is 0 Å². The van der Waals surface area contributed by atoms with Crippen molar-refractivity contribution >= 4 is 0 Å². The Bertz CT molecular complexity index is 332. The van der Waals surface area contributed by atoms with Crippen molar-refractivity contribution in [2.75, 3.05) is 26.7 Å². The Kier molecular flexibility index (Phi) is 5.83. The molecule has 0 aromatic heterocycles. The SMILES string of the molecule is CCN(C)CC(C)NCC(C)(C)c1ccccc1. The van der Waals surface area contributed by atoms with Gasteiger partial charge in [0.25, 0.3) is 0 Å². The van der Waals surface area contributed by atoms with E-state index in [1.54, 1.807) is 0 Å². The maximum absolute atomic E-state index is 3.64. The zero-order valence-corrected chi connectivity index (χ0v) is 12.5. The molecule has 0 aliphatic carbocycles. The maximum Gasteiger partial charge on any atom is 0.0166 e. The van der Waals surface area contributed by atoms with Crippen LogP contribution in [-0.2, 0) is 5.41 Å². The van der Waals surface area contributed by atoms with Crippen molar-refractivity contribution < 1.29 is 0 Å². The molecule has 0 aliphatic rings. The van der Waals surface area contributed by atoms with E-state index in [-0.39, 0.29) is 5.41 Å². The topological polar surface area (TPSA) is 15.3 Å². The molecule has 1 aromatic carbocycles. The minimum Gasteiger partial charge on any atom is -0.312 e. The Morgan fingerprint density at radius 3 is 2.39 bits per heavy atom. The number of benzene rings is 1. The molecule has 0 radical (unpaired) electrons. The molecule has 0 fully saturated rings. The summed E-state index contributed by atoms with van der Waals surface area (Å²) in [6.45, 7) is 12.3. The van der Waals surface area contributed by atoms with Gasteiger partial charge in [0, 0.05) is 24.5 Å². The van der Waals surface area contributed by atoms with E-state index in [2.05, 4.69) is 75.3 Å². The predicted octanol–water partition coefficient (Wildman–Crippen LogP) is 2.89. The van der Waals surface area contributed by atoms with E-state index in [1.807, 2.05) is 0 Å². The van der Waals surface area contributed by atoms with Gasteiger partial charge in [0.2, 0.25) is 0 Å². The van der Waals surface area contributed by atoms with E-state index in [0.717, 1.165) is 19.6 Å². The molecular formula is C16H28N2. The first-order chi connectivity index (χ1) is 8.45. The third-order valence-corrected chi connectivity index (χ3v) is 3.57. The van der Waals surface area contributed by atoms with Crippen molar-refractivity contribution in [1.29, 1.82) is 0 Å². The van der Waals surface area contributed by atoms with Gasteiger partial charge in [-0.25, -0.2) is 0 Å². The highest BCUT2D eigenvalue weighted by atomic mass is 15.1. The quantitative estimate of drug-likeness (QED) is 0.798. The lowest BCUT2D eigenvalue weighted by Gasteiger charge is -2.29. The molecule has 0 bridgehead atoms. The van der Waals surface area contributed by atoms with Crippen molar-refractivity contribution in [3.63, 3.8) is 0 Å². The first kappa shape index (κ1) is 15.2. The second kappa shape index (κ2) is 6.91. The van der Waals surface area contributed by atoms with Crippen LogP contribution in [0.4, 0.5) is 0 Å². The number of nitrogens with one attached hydrogen (secondary N) is 1. The lowest BCUT2D eigenvalue weighted by molar-refractivity contribution is 0.299. The van der Waals surface area contributed by atoms with E-state index < -0.39 is 0 Å². The van der Waals surface area contributed by atoms with Crippen LogP contribution in [0.3, 0.4) is 0 Å². The minimum absolute atomic E-state index is 0.181. The molecule has 1 N–H and O–H groups in total. The van der Waals surface area contributed by atoms with Crippen molar-refractivity contribution in [2.24, 2.45) is 0 Å². The van der Waals surface area contributed by atoms with Gasteiger partial charge in [0.15, 0.2) is 0 Å². The molecule has 2 nitrogen and oxygen atoms in total. The highest BCUT2D eigenvalue weighted by molar-refractivity contribution is 5.23. The van der Waals surface area contributed by atoms with E-state index in [9.17, 15) is 0 Å². The number of likely N-dealkylation sites (N-methyl/N-ethyl adjacent to an activating group) is 1. The van der Waals surface area contributed by atoms with Gasteiger partial charge in [-0.3, -0.25) is 0 Å². The predicted molar refractivity (Wildman–Crippen MR) is 80.1 cm³/mol. The average molecular weight is 248 g/mol. The molecule has 0 aliphatic heterocycles. The molecule has 0 saturated carbocycles. The average Bonchev–Trinajstić information content (AvgIpc) is 2.37. The largest absolute Gasteiger partial charge is 0.312 e. The third-order valence-electron chi connectivity index (χ3n) is 3.57. The third kappa shape index (κ3) is 4.79. The molecule has 102 valence electrons. The molecule has 1 rings (SSSR count). The van der Waals surface area contributed by atoms with Crippen LogP contribution < -0.4 is 5.32 Å². The van der Waals surface area contributed by atoms with Crippen LogP contribution in [0, 0.1) is 0 Å². The summed E-state index contributed by atoms with van der Waals surface area (Å²) in [6.07, 6.45) is 0. The number of hydrogen-bond acceptors (Lipinski definition) is 2. The molecule has 18 heavy (non-hydrogen) atoms. The van der Waals surface area contributed by atoms with E-state index in [1.165, 1.54) is 5.56 Å². The molecule has 0 saturated heterocycles. The normalized spacial score (nSPS) is 13.9. The molecule has 1 aromatic rings. The second-order valence-corrected chi connectivity index (χ2v) is 5.89. The number of rotatable bonds is 7. The first-order valence-corrected chi connectivity index (χ1v) is 6.93. The molecular weight excluding hydrogens is 220 g/mol. The first-order valence-electron chi connectivity index (χ1n) is 6.93. The van der Waals surface area contributed by atoms with Crippen LogP contribution in [0.15, 0.2) is 30.3 Å². The summed E-state index contributed by atoms with van der Waals surface area (Å²) >= 11 is 0. The summed E-state index contributed by atoms with van der Waals surface area (Å²) in [5.41, 5.74) is 1.58. The van der Waals surface area contributed by atoms with Crippen molar-refractivity contribution in [2.45, 2.75) is 39.2 Å². The fourth-order valence-corrected chi connectivity index (χ4v) is 2.08. The van der Waals surface area contributed by atoms with Gasteiger partial charge in [-0.2, -0.15) is 0 Å². The van der Waals surface area contributed by atoms with E-state index >= 15 is 0 Å². The Morgan fingerprint density at radius 1 is 1.22 bits per heavy atom. The summed E-state index contributed by atoms with van der Waals surface area (Å²) in [5, 5.41) is 3.64. The summed E-state index contributed by atoms with van der Waals surface area (Å²) in [4.78, 5) is 2.34. The molecule has 0 heterocycles. The summed E-state index contributed by atoms with van der Waals surface area (Å²) in [7, 11) is 2.17.